The molecule has 2 amide bonds. The number of hydrogen-bond donors (Lipinski definition) is 2. The van der Waals surface area contributed by atoms with Crippen LogP contribution in [0.25, 0.3) is 0 Å². The van der Waals surface area contributed by atoms with Gasteiger partial charge in [0.05, 0.1) is 25.2 Å². The van der Waals surface area contributed by atoms with Crippen molar-refractivity contribution in [3.05, 3.63) is 35.6 Å². The fraction of sp³-hybridized carbons (Fsp3) is 0.556. The third-order valence-corrected chi connectivity index (χ3v) is 4.84. The van der Waals surface area contributed by atoms with Crippen LogP contribution >= 0.6 is 0 Å². The van der Waals surface area contributed by atoms with E-state index >= 15 is 0 Å². The fourth-order valence-electron chi connectivity index (χ4n) is 3.11. The molecule has 0 bridgehead atoms. The van der Waals surface area contributed by atoms with Gasteiger partial charge in [0.1, 0.15) is 5.82 Å². The van der Waals surface area contributed by atoms with Crippen LogP contribution in [0.3, 0.4) is 0 Å². The molecule has 1 aliphatic carbocycles. The standard InChI is InChI=1S/C18H24FN3O3/c19-15-3-1-14(2-4-15)18(5-6-18)17(24)21-13-16(23)20-7-8-22-9-11-25-12-10-22/h1-4H,5-13H2,(H,20,23)(H,21,24). The van der Waals surface area contributed by atoms with Crippen molar-refractivity contribution in [3.63, 3.8) is 0 Å². The molecule has 1 saturated carbocycles. The Bertz CT molecular complexity index is 610. The maximum atomic E-state index is 13.0. The van der Waals surface area contributed by atoms with Gasteiger partial charge in [-0.05, 0) is 30.5 Å². The van der Waals surface area contributed by atoms with Crippen LogP contribution in [0.2, 0.25) is 0 Å². The van der Waals surface area contributed by atoms with Gasteiger partial charge in [-0.1, -0.05) is 12.1 Å². The van der Waals surface area contributed by atoms with Crippen LogP contribution in [0.5, 0.6) is 0 Å². The van der Waals surface area contributed by atoms with Gasteiger partial charge in [-0.25, -0.2) is 4.39 Å². The first-order valence-corrected chi connectivity index (χ1v) is 8.71. The average Bonchev–Trinajstić information content (AvgIpc) is 3.43. The minimum absolute atomic E-state index is 0.0368. The van der Waals surface area contributed by atoms with E-state index in [1.807, 2.05) is 0 Å². The largest absolute Gasteiger partial charge is 0.379 e. The highest BCUT2D eigenvalue weighted by Gasteiger charge is 2.51. The molecule has 6 nitrogen and oxygen atoms in total. The van der Waals surface area contributed by atoms with Gasteiger partial charge in [0.15, 0.2) is 0 Å². The number of hydrogen-bond acceptors (Lipinski definition) is 4. The first-order chi connectivity index (χ1) is 12.1. The molecule has 2 aliphatic rings. The maximum Gasteiger partial charge on any atom is 0.239 e. The minimum atomic E-state index is -0.595. The van der Waals surface area contributed by atoms with E-state index < -0.39 is 5.41 Å². The normalized spacial score (nSPS) is 19.2. The first kappa shape index (κ1) is 17.8. The number of nitrogens with one attached hydrogen (secondary N) is 2. The van der Waals surface area contributed by atoms with E-state index in [9.17, 15) is 14.0 Å². The zero-order chi connectivity index (χ0) is 17.7. The number of nitrogens with zero attached hydrogens (tertiary/aromatic N) is 1. The van der Waals surface area contributed by atoms with Crippen LogP contribution in [0, 0.1) is 5.82 Å². The molecule has 0 atom stereocenters. The van der Waals surface area contributed by atoms with E-state index in [2.05, 4.69) is 15.5 Å². The number of carbonyl (C=O) groups excluding carboxylic acids is 2. The Hall–Kier alpha value is -1.99. The van der Waals surface area contributed by atoms with Crippen molar-refractivity contribution < 1.29 is 18.7 Å². The van der Waals surface area contributed by atoms with E-state index in [1.54, 1.807) is 12.1 Å². The number of morpholine rings is 1. The van der Waals surface area contributed by atoms with Gasteiger partial charge in [-0.2, -0.15) is 0 Å². The molecular formula is C18H24FN3O3. The topological polar surface area (TPSA) is 70.7 Å². The number of rotatable bonds is 7. The quantitative estimate of drug-likeness (QED) is 0.749. The van der Waals surface area contributed by atoms with Gasteiger partial charge in [0.25, 0.3) is 0 Å². The van der Waals surface area contributed by atoms with Crippen LogP contribution in [0.15, 0.2) is 24.3 Å². The molecular weight excluding hydrogens is 325 g/mol. The van der Waals surface area contributed by atoms with Crippen molar-refractivity contribution in [3.8, 4) is 0 Å². The van der Waals surface area contributed by atoms with Crippen LogP contribution in [-0.4, -0.2) is 62.7 Å². The number of halogens is 1. The molecule has 2 N–H and O–H groups in total. The van der Waals surface area contributed by atoms with E-state index in [0.29, 0.717) is 6.54 Å². The Morgan fingerprint density at radius 2 is 1.80 bits per heavy atom. The zero-order valence-corrected chi connectivity index (χ0v) is 14.2. The fourth-order valence-corrected chi connectivity index (χ4v) is 3.11. The second-order valence-corrected chi connectivity index (χ2v) is 6.58. The zero-order valence-electron chi connectivity index (χ0n) is 14.2. The lowest BCUT2D eigenvalue weighted by molar-refractivity contribution is -0.127. The third kappa shape index (κ3) is 4.55. The molecule has 1 aromatic carbocycles. The Morgan fingerprint density at radius 1 is 1.12 bits per heavy atom. The third-order valence-electron chi connectivity index (χ3n) is 4.84. The minimum Gasteiger partial charge on any atom is -0.379 e. The highest BCUT2D eigenvalue weighted by atomic mass is 19.1. The molecule has 0 spiro atoms. The number of carbonyl (C=O) groups is 2. The molecule has 1 saturated heterocycles. The lowest BCUT2D eigenvalue weighted by atomic mass is 9.95. The second kappa shape index (κ2) is 7.93. The summed E-state index contributed by atoms with van der Waals surface area (Å²) in [6.07, 6.45) is 1.45. The summed E-state index contributed by atoms with van der Waals surface area (Å²) in [7, 11) is 0. The van der Waals surface area contributed by atoms with Gasteiger partial charge in [-0.3, -0.25) is 14.5 Å². The van der Waals surface area contributed by atoms with Gasteiger partial charge in [0.2, 0.25) is 11.8 Å². The molecule has 136 valence electrons. The monoisotopic (exact) mass is 349 g/mol. The molecule has 25 heavy (non-hydrogen) atoms. The SMILES string of the molecule is O=C(CNC(=O)C1(c2ccc(F)cc2)CC1)NCCN1CCOCC1. The molecule has 0 aromatic heterocycles. The Labute approximate surface area is 146 Å². The summed E-state index contributed by atoms with van der Waals surface area (Å²) in [5.41, 5.74) is 0.209. The molecule has 0 radical (unpaired) electrons. The average molecular weight is 349 g/mol. The van der Waals surface area contributed by atoms with Crippen LogP contribution in [0.1, 0.15) is 18.4 Å². The molecule has 0 unspecified atom stereocenters. The summed E-state index contributed by atoms with van der Waals surface area (Å²) in [6.45, 7) is 4.52. The van der Waals surface area contributed by atoms with E-state index in [1.165, 1.54) is 12.1 Å². The van der Waals surface area contributed by atoms with Crippen LogP contribution in [0.4, 0.5) is 4.39 Å². The Morgan fingerprint density at radius 3 is 2.44 bits per heavy atom. The summed E-state index contributed by atoms with van der Waals surface area (Å²) in [6, 6.07) is 6.01. The van der Waals surface area contributed by atoms with Gasteiger partial charge < -0.3 is 15.4 Å². The summed E-state index contributed by atoms with van der Waals surface area (Å²) in [5.74, 6) is -0.682. The van der Waals surface area contributed by atoms with E-state index in [-0.39, 0.29) is 24.2 Å². The van der Waals surface area contributed by atoms with Crippen molar-refractivity contribution in [1.29, 1.82) is 0 Å². The molecule has 7 heteroatoms. The number of ether oxygens (including phenoxy) is 1. The number of benzene rings is 1. The van der Waals surface area contributed by atoms with Gasteiger partial charge >= 0.3 is 0 Å². The summed E-state index contributed by atoms with van der Waals surface area (Å²) < 4.78 is 18.3. The lowest BCUT2D eigenvalue weighted by Gasteiger charge is -2.26. The summed E-state index contributed by atoms with van der Waals surface area (Å²) in [5, 5.41) is 5.53. The molecule has 1 heterocycles. The smallest absolute Gasteiger partial charge is 0.239 e. The predicted molar refractivity (Wildman–Crippen MR) is 90.6 cm³/mol. The Kier molecular flexibility index (Phi) is 5.65. The van der Waals surface area contributed by atoms with E-state index in [0.717, 1.165) is 51.3 Å². The molecule has 2 fully saturated rings. The molecule has 1 aromatic rings. The van der Waals surface area contributed by atoms with Crippen LogP contribution < -0.4 is 10.6 Å². The Balaban J connectivity index is 1.39. The molecule has 1 aliphatic heterocycles. The highest BCUT2D eigenvalue weighted by molar-refractivity contribution is 5.93. The van der Waals surface area contributed by atoms with Crippen molar-refractivity contribution in [1.82, 2.24) is 15.5 Å². The van der Waals surface area contributed by atoms with Gasteiger partial charge in [0, 0.05) is 26.2 Å². The van der Waals surface area contributed by atoms with Gasteiger partial charge in [-0.15, -0.1) is 0 Å². The highest BCUT2D eigenvalue weighted by Crippen LogP contribution is 2.48. The maximum absolute atomic E-state index is 13.0. The molecule has 3 rings (SSSR count). The van der Waals surface area contributed by atoms with Crippen LogP contribution in [-0.2, 0) is 19.7 Å². The predicted octanol–water partition coefficient (Wildman–Crippen LogP) is 0.422. The number of amides is 2. The van der Waals surface area contributed by atoms with Crippen molar-refractivity contribution in [2.45, 2.75) is 18.3 Å². The lowest BCUT2D eigenvalue weighted by Crippen LogP contribution is -2.45. The van der Waals surface area contributed by atoms with Crippen molar-refractivity contribution >= 4 is 11.8 Å². The second-order valence-electron chi connectivity index (χ2n) is 6.58. The summed E-state index contributed by atoms with van der Waals surface area (Å²) >= 11 is 0. The van der Waals surface area contributed by atoms with Crippen molar-refractivity contribution in [2.75, 3.05) is 45.9 Å². The first-order valence-electron chi connectivity index (χ1n) is 8.71. The van der Waals surface area contributed by atoms with E-state index in [4.69, 9.17) is 4.74 Å². The van der Waals surface area contributed by atoms with Crippen molar-refractivity contribution in [2.24, 2.45) is 0 Å². The summed E-state index contributed by atoms with van der Waals surface area (Å²) in [4.78, 5) is 26.6.